The fourth-order valence-electron chi connectivity index (χ4n) is 1.79. The number of nitrogen functional groups attached to an aromatic ring is 1. The molecule has 19 heavy (non-hydrogen) atoms. The molecule has 0 radical (unpaired) electrons. The van der Waals surface area contributed by atoms with E-state index in [2.05, 4.69) is 9.71 Å². The van der Waals surface area contributed by atoms with Crippen LogP contribution in [-0.4, -0.2) is 30.7 Å². The molecule has 0 unspecified atom stereocenters. The molecule has 0 bridgehead atoms. The summed E-state index contributed by atoms with van der Waals surface area (Å²) in [6.45, 7) is 2.93. The summed E-state index contributed by atoms with van der Waals surface area (Å²) in [5.41, 5.74) is 5.94. The average molecular weight is 283 g/mol. The zero-order chi connectivity index (χ0) is 14.3. The molecule has 1 aromatic carbocycles. The molecule has 0 saturated heterocycles. The van der Waals surface area contributed by atoms with E-state index >= 15 is 0 Å². The molecule has 2 aromatic rings. The van der Waals surface area contributed by atoms with Crippen molar-refractivity contribution in [2.24, 2.45) is 0 Å². The first-order valence-corrected chi connectivity index (χ1v) is 7.25. The van der Waals surface area contributed by atoms with Crippen LogP contribution in [0.25, 0.3) is 10.9 Å². The van der Waals surface area contributed by atoms with Crippen molar-refractivity contribution in [2.75, 3.05) is 12.3 Å². The number of rotatable bonds is 4. The van der Waals surface area contributed by atoms with Gasteiger partial charge in [-0.3, -0.25) is 0 Å². The SMILES string of the molecule is CC(C)(CO)NS(=O)(=O)c1c[nH]c2cc(N)ccc12. The largest absolute Gasteiger partial charge is 0.399 e. The Labute approximate surface area is 111 Å². The predicted octanol–water partition coefficient (Wildman–Crippen LogP) is 0.799. The van der Waals surface area contributed by atoms with Crippen LogP contribution in [0, 0.1) is 0 Å². The number of aromatic amines is 1. The van der Waals surface area contributed by atoms with Gasteiger partial charge < -0.3 is 15.8 Å². The Morgan fingerprint density at radius 2 is 2.11 bits per heavy atom. The number of nitrogens with one attached hydrogen (secondary N) is 2. The van der Waals surface area contributed by atoms with Gasteiger partial charge in [-0.25, -0.2) is 13.1 Å². The molecule has 0 aliphatic heterocycles. The Morgan fingerprint density at radius 1 is 1.42 bits per heavy atom. The number of H-pyrrole nitrogens is 1. The van der Waals surface area contributed by atoms with E-state index in [1.54, 1.807) is 32.0 Å². The van der Waals surface area contributed by atoms with E-state index in [9.17, 15) is 8.42 Å². The van der Waals surface area contributed by atoms with E-state index in [1.165, 1.54) is 6.20 Å². The van der Waals surface area contributed by atoms with E-state index in [0.717, 1.165) is 0 Å². The number of hydrogen-bond acceptors (Lipinski definition) is 4. The lowest BCUT2D eigenvalue weighted by molar-refractivity contribution is 0.208. The van der Waals surface area contributed by atoms with Gasteiger partial charge in [0.15, 0.2) is 0 Å². The fourth-order valence-corrected chi connectivity index (χ4v) is 3.37. The van der Waals surface area contributed by atoms with Crippen LogP contribution in [0.5, 0.6) is 0 Å². The standard InChI is InChI=1S/C12H17N3O3S/c1-12(2,7-16)15-19(17,18)11-6-14-10-5-8(13)3-4-9(10)11/h3-6,14-16H,7,13H2,1-2H3. The molecule has 0 aliphatic carbocycles. The maximum Gasteiger partial charge on any atom is 0.243 e. The van der Waals surface area contributed by atoms with Crippen LogP contribution in [0.2, 0.25) is 0 Å². The molecule has 0 amide bonds. The summed E-state index contributed by atoms with van der Waals surface area (Å²) in [6.07, 6.45) is 1.42. The van der Waals surface area contributed by atoms with Gasteiger partial charge in [-0.1, -0.05) is 0 Å². The second-order valence-electron chi connectivity index (χ2n) is 5.11. The van der Waals surface area contributed by atoms with E-state index in [1.807, 2.05) is 0 Å². The molecule has 1 aromatic heterocycles. The zero-order valence-corrected chi connectivity index (χ0v) is 11.6. The van der Waals surface area contributed by atoms with Gasteiger partial charge in [0.2, 0.25) is 10.0 Å². The molecular weight excluding hydrogens is 266 g/mol. The van der Waals surface area contributed by atoms with Gasteiger partial charge in [0.1, 0.15) is 4.90 Å². The molecule has 104 valence electrons. The summed E-state index contributed by atoms with van der Waals surface area (Å²) in [7, 11) is -3.71. The zero-order valence-electron chi connectivity index (χ0n) is 10.8. The number of sulfonamides is 1. The lowest BCUT2D eigenvalue weighted by Crippen LogP contribution is -2.46. The van der Waals surface area contributed by atoms with Crippen LogP contribution < -0.4 is 10.5 Å². The summed E-state index contributed by atoms with van der Waals surface area (Å²) in [5.74, 6) is 0. The first-order valence-electron chi connectivity index (χ1n) is 5.77. The Balaban J connectivity index is 2.50. The Hall–Kier alpha value is -1.57. The average Bonchev–Trinajstić information content (AvgIpc) is 2.71. The van der Waals surface area contributed by atoms with E-state index < -0.39 is 15.6 Å². The highest BCUT2D eigenvalue weighted by Gasteiger charge is 2.27. The lowest BCUT2D eigenvalue weighted by Gasteiger charge is -2.22. The normalized spacial score (nSPS) is 13.0. The molecule has 1 heterocycles. The van der Waals surface area contributed by atoms with Gasteiger partial charge in [0, 0.05) is 22.8 Å². The number of aliphatic hydroxyl groups is 1. The quantitative estimate of drug-likeness (QED) is 0.622. The third-order valence-corrected chi connectivity index (χ3v) is 4.50. The molecule has 0 aliphatic rings. The highest BCUT2D eigenvalue weighted by molar-refractivity contribution is 7.89. The van der Waals surface area contributed by atoms with Crippen LogP contribution in [0.3, 0.4) is 0 Å². The van der Waals surface area contributed by atoms with Crippen LogP contribution >= 0.6 is 0 Å². The second kappa shape index (κ2) is 4.52. The maximum absolute atomic E-state index is 12.3. The predicted molar refractivity (Wildman–Crippen MR) is 74.2 cm³/mol. The van der Waals surface area contributed by atoms with Crippen molar-refractivity contribution in [3.8, 4) is 0 Å². The van der Waals surface area contributed by atoms with Crippen molar-refractivity contribution in [2.45, 2.75) is 24.3 Å². The summed E-state index contributed by atoms with van der Waals surface area (Å²) in [5, 5.41) is 9.72. The van der Waals surface area contributed by atoms with Crippen molar-refractivity contribution in [1.29, 1.82) is 0 Å². The minimum atomic E-state index is -3.71. The molecule has 0 atom stereocenters. The molecule has 5 N–H and O–H groups in total. The summed E-state index contributed by atoms with van der Waals surface area (Å²) >= 11 is 0. The van der Waals surface area contributed by atoms with Crippen molar-refractivity contribution in [3.63, 3.8) is 0 Å². The third kappa shape index (κ3) is 2.73. The second-order valence-corrected chi connectivity index (χ2v) is 6.76. The molecule has 6 nitrogen and oxygen atoms in total. The Morgan fingerprint density at radius 3 is 2.74 bits per heavy atom. The smallest absolute Gasteiger partial charge is 0.243 e. The first kappa shape index (κ1) is 13.9. The number of hydrogen-bond donors (Lipinski definition) is 4. The third-order valence-electron chi connectivity index (χ3n) is 2.76. The number of anilines is 1. The van der Waals surface area contributed by atoms with E-state index in [-0.39, 0.29) is 11.5 Å². The Bertz CT molecular complexity index is 704. The van der Waals surface area contributed by atoms with Crippen molar-refractivity contribution in [1.82, 2.24) is 9.71 Å². The molecule has 2 rings (SSSR count). The summed E-state index contributed by atoms with van der Waals surface area (Å²) in [6, 6.07) is 4.97. The van der Waals surface area contributed by atoms with E-state index in [0.29, 0.717) is 16.6 Å². The lowest BCUT2D eigenvalue weighted by atomic mass is 10.1. The fraction of sp³-hybridized carbons (Fsp3) is 0.333. The monoisotopic (exact) mass is 283 g/mol. The number of nitrogens with two attached hydrogens (primary N) is 1. The molecular formula is C12H17N3O3S. The van der Waals surface area contributed by atoms with Crippen molar-refractivity contribution in [3.05, 3.63) is 24.4 Å². The van der Waals surface area contributed by atoms with Crippen LogP contribution in [0.4, 0.5) is 5.69 Å². The molecule has 0 fully saturated rings. The minimum Gasteiger partial charge on any atom is -0.399 e. The van der Waals surface area contributed by atoms with Gasteiger partial charge >= 0.3 is 0 Å². The molecule has 0 spiro atoms. The minimum absolute atomic E-state index is 0.143. The Kier molecular flexibility index (Phi) is 3.29. The van der Waals surface area contributed by atoms with Crippen molar-refractivity contribution < 1.29 is 13.5 Å². The van der Waals surface area contributed by atoms with Gasteiger partial charge in [0.25, 0.3) is 0 Å². The summed E-state index contributed by atoms with van der Waals surface area (Å²) < 4.78 is 27.0. The van der Waals surface area contributed by atoms with Crippen LogP contribution in [0.1, 0.15) is 13.8 Å². The van der Waals surface area contributed by atoms with Gasteiger partial charge in [0.05, 0.1) is 12.1 Å². The molecule has 0 saturated carbocycles. The van der Waals surface area contributed by atoms with Gasteiger partial charge in [-0.15, -0.1) is 0 Å². The number of aliphatic hydroxyl groups excluding tert-OH is 1. The van der Waals surface area contributed by atoms with Crippen LogP contribution in [-0.2, 0) is 10.0 Å². The van der Waals surface area contributed by atoms with Gasteiger partial charge in [-0.2, -0.15) is 0 Å². The number of benzene rings is 1. The highest BCUT2D eigenvalue weighted by atomic mass is 32.2. The topological polar surface area (TPSA) is 108 Å². The summed E-state index contributed by atoms with van der Waals surface area (Å²) in [4.78, 5) is 3.02. The molecule has 7 heteroatoms. The number of fused-ring (bicyclic) bond motifs is 1. The maximum atomic E-state index is 12.3. The van der Waals surface area contributed by atoms with Gasteiger partial charge in [-0.05, 0) is 32.0 Å². The van der Waals surface area contributed by atoms with E-state index in [4.69, 9.17) is 10.8 Å². The first-order chi connectivity index (χ1) is 8.75. The van der Waals surface area contributed by atoms with Crippen molar-refractivity contribution >= 4 is 26.6 Å². The number of aromatic nitrogens is 1. The van der Waals surface area contributed by atoms with Crippen LogP contribution in [0.15, 0.2) is 29.3 Å². The highest BCUT2D eigenvalue weighted by Crippen LogP contribution is 2.25.